The van der Waals surface area contributed by atoms with Crippen molar-refractivity contribution in [1.82, 2.24) is 20.2 Å². The molecule has 4 aromatic rings. The zero-order valence-corrected chi connectivity index (χ0v) is 20.9. The van der Waals surface area contributed by atoms with E-state index in [0.29, 0.717) is 21.0 Å². The molecule has 3 aromatic carbocycles. The predicted molar refractivity (Wildman–Crippen MR) is 137 cm³/mol. The van der Waals surface area contributed by atoms with Crippen LogP contribution in [0, 0.1) is 0 Å². The second-order valence-electron chi connectivity index (χ2n) is 6.74. The third-order valence-corrected chi connectivity index (χ3v) is 6.63. The van der Waals surface area contributed by atoms with Crippen molar-refractivity contribution in [2.24, 2.45) is 5.10 Å². The monoisotopic (exact) mass is 559 g/mol. The van der Waals surface area contributed by atoms with Crippen LogP contribution in [0.1, 0.15) is 5.56 Å². The van der Waals surface area contributed by atoms with Gasteiger partial charge in [-0.1, -0.05) is 87.3 Å². The summed E-state index contributed by atoms with van der Waals surface area (Å²) in [5.41, 5.74) is 5.05. The van der Waals surface area contributed by atoms with E-state index in [-0.39, 0.29) is 11.7 Å². The summed E-state index contributed by atoms with van der Waals surface area (Å²) in [7, 11) is 0. The van der Waals surface area contributed by atoms with Crippen molar-refractivity contribution in [2.75, 3.05) is 5.75 Å². The number of nitrogens with one attached hydrogen (secondary N) is 1. The van der Waals surface area contributed by atoms with E-state index in [1.165, 1.54) is 18.0 Å². The third kappa shape index (κ3) is 6.03. The van der Waals surface area contributed by atoms with Crippen LogP contribution in [0.3, 0.4) is 0 Å². The van der Waals surface area contributed by atoms with E-state index in [1.54, 1.807) is 18.2 Å². The van der Waals surface area contributed by atoms with Crippen molar-refractivity contribution in [2.45, 2.75) is 5.16 Å². The van der Waals surface area contributed by atoms with Gasteiger partial charge in [0.05, 0.1) is 22.0 Å². The summed E-state index contributed by atoms with van der Waals surface area (Å²) in [6.45, 7) is 0. The molecule has 33 heavy (non-hydrogen) atoms. The van der Waals surface area contributed by atoms with Gasteiger partial charge in [-0.05, 0) is 42.0 Å². The summed E-state index contributed by atoms with van der Waals surface area (Å²) < 4.78 is 2.91. The van der Waals surface area contributed by atoms with Crippen LogP contribution in [0.4, 0.5) is 0 Å². The van der Waals surface area contributed by atoms with Crippen LogP contribution in [-0.4, -0.2) is 32.6 Å². The molecule has 0 saturated carbocycles. The molecule has 10 heteroatoms. The summed E-state index contributed by atoms with van der Waals surface area (Å²) in [6.07, 6.45) is 1.50. The molecule has 4 rings (SSSR count). The molecule has 1 aromatic heterocycles. The minimum absolute atomic E-state index is 0.115. The maximum Gasteiger partial charge on any atom is 0.250 e. The van der Waals surface area contributed by atoms with Crippen LogP contribution in [0.2, 0.25) is 10.0 Å². The van der Waals surface area contributed by atoms with Gasteiger partial charge in [-0.15, -0.1) is 10.2 Å². The van der Waals surface area contributed by atoms with Gasteiger partial charge in [-0.25, -0.2) is 5.43 Å². The molecule has 166 valence electrons. The van der Waals surface area contributed by atoms with Gasteiger partial charge in [0.1, 0.15) is 0 Å². The van der Waals surface area contributed by atoms with E-state index < -0.39 is 0 Å². The molecule has 0 atom stereocenters. The molecule has 0 bridgehead atoms. The van der Waals surface area contributed by atoms with Crippen LogP contribution >= 0.6 is 50.9 Å². The normalized spacial score (nSPS) is 11.1. The lowest BCUT2D eigenvalue weighted by atomic mass is 10.2. The van der Waals surface area contributed by atoms with Crippen LogP contribution < -0.4 is 5.43 Å². The first-order valence-corrected chi connectivity index (χ1v) is 12.2. The number of hydrogen-bond acceptors (Lipinski definition) is 5. The first-order chi connectivity index (χ1) is 16.0. The maximum atomic E-state index is 12.3. The fourth-order valence-corrected chi connectivity index (χ4v) is 4.21. The number of nitrogens with zero attached hydrogens (tertiary/aromatic N) is 4. The molecule has 0 aliphatic rings. The summed E-state index contributed by atoms with van der Waals surface area (Å²) in [6, 6.07) is 22.7. The second-order valence-corrected chi connectivity index (χ2v) is 9.41. The minimum Gasteiger partial charge on any atom is -0.272 e. The fourth-order valence-electron chi connectivity index (χ4n) is 2.89. The lowest BCUT2D eigenvalue weighted by molar-refractivity contribution is -0.118. The van der Waals surface area contributed by atoms with Crippen molar-refractivity contribution in [3.8, 4) is 17.1 Å². The Kier molecular flexibility index (Phi) is 7.82. The van der Waals surface area contributed by atoms with Gasteiger partial charge in [0, 0.05) is 15.7 Å². The quantitative estimate of drug-likeness (QED) is 0.165. The van der Waals surface area contributed by atoms with Crippen LogP contribution in [0.25, 0.3) is 17.1 Å². The third-order valence-electron chi connectivity index (χ3n) is 4.43. The Balaban J connectivity index is 1.48. The Morgan fingerprint density at radius 1 is 1.03 bits per heavy atom. The SMILES string of the molecule is O=C(CSc1nnc(-c2ccc(Br)cc2)n1-c1ccccc1)N/N=C/c1ccc(Cl)c(Cl)c1. The smallest absolute Gasteiger partial charge is 0.250 e. The lowest BCUT2D eigenvalue weighted by Gasteiger charge is -2.10. The molecule has 0 saturated heterocycles. The number of aromatic nitrogens is 3. The predicted octanol–water partition coefficient (Wildman–Crippen LogP) is 6.25. The number of carbonyl (C=O) groups is 1. The van der Waals surface area contributed by atoms with Crippen molar-refractivity contribution in [3.63, 3.8) is 0 Å². The number of hydrogen-bond donors (Lipinski definition) is 1. The molecular formula is C23H16BrCl2N5OS. The summed E-state index contributed by atoms with van der Waals surface area (Å²) in [4.78, 5) is 12.3. The first kappa shape index (κ1) is 23.5. The topological polar surface area (TPSA) is 72.2 Å². The van der Waals surface area contributed by atoms with Crippen molar-refractivity contribution < 1.29 is 4.79 Å². The Morgan fingerprint density at radius 3 is 2.52 bits per heavy atom. The lowest BCUT2D eigenvalue weighted by Crippen LogP contribution is -2.20. The Labute approximate surface area is 213 Å². The highest BCUT2D eigenvalue weighted by Gasteiger charge is 2.17. The van der Waals surface area contributed by atoms with E-state index in [1.807, 2.05) is 59.2 Å². The van der Waals surface area contributed by atoms with Crippen LogP contribution in [0.5, 0.6) is 0 Å². The van der Waals surface area contributed by atoms with Gasteiger partial charge in [0.2, 0.25) is 0 Å². The Bertz CT molecular complexity index is 1300. The Hall–Kier alpha value is -2.65. The van der Waals surface area contributed by atoms with E-state index in [0.717, 1.165) is 21.3 Å². The van der Waals surface area contributed by atoms with Gasteiger partial charge >= 0.3 is 0 Å². The van der Waals surface area contributed by atoms with E-state index >= 15 is 0 Å². The van der Waals surface area contributed by atoms with Gasteiger partial charge in [-0.2, -0.15) is 5.10 Å². The summed E-state index contributed by atoms with van der Waals surface area (Å²) >= 11 is 16.6. The number of hydrazone groups is 1. The highest BCUT2D eigenvalue weighted by atomic mass is 79.9. The molecular weight excluding hydrogens is 545 g/mol. The number of amides is 1. The molecule has 1 N–H and O–H groups in total. The summed E-state index contributed by atoms with van der Waals surface area (Å²) in [5.74, 6) is 0.530. The van der Waals surface area contributed by atoms with E-state index in [2.05, 4.69) is 36.7 Å². The molecule has 0 spiro atoms. The first-order valence-electron chi connectivity index (χ1n) is 9.68. The molecule has 6 nitrogen and oxygen atoms in total. The molecule has 0 aliphatic carbocycles. The van der Waals surface area contributed by atoms with Gasteiger partial charge in [0.25, 0.3) is 5.91 Å². The van der Waals surface area contributed by atoms with Crippen LogP contribution in [-0.2, 0) is 4.79 Å². The average molecular weight is 561 g/mol. The number of rotatable bonds is 7. The number of carbonyl (C=O) groups excluding carboxylic acids is 1. The molecule has 0 unspecified atom stereocenters. The standard InChI is InChI=1S/C23H16BrCl2N5OS/c24-17-9-7-16(8-10-17)22-29-30-23(31(22)18-4-2-1-3-5-18)33-14-21(32)28-27-13-15-6-11-19(25)20(26)12-15/h1-13H,14H2,(H,28,32)/b27-13+. The van der Waals surface area contributed by atoms with Crippen molar-refractivity contribution in [1.29, 1.82) is 0 Å². The van der Waals surface area contributed by atoms with E-state index in [9.17, 15) is 4.79 Å². The molecule has 0 radical (unpaired) electrons. The number of benzene rings is 3. The zero-order chi connectivity index (χ0) is 23.2. The number of thioether (sulfide) groups is 1. The molecule has 1 amide bonds. The molecule has 0 fully saturated rings. The highest BCUT2D eigenvalue weighted by Crippen LogP contribution is 2.28. The number of halogens is 3. The maximum absolute atomic E-state index is 12.3. The largest absolute Gasteiger partial charge is 0.272 e. The van der Waals surface area contributed by atoms with Gasteiger partial charge in [0.15, 0.2) is 11.0 Å². The second kappa shape index (κ2) is 11.0. The summed E-state index contributed by atoms with van der Waals surface area (Å²) in [5, 5.41) is 14.2. The van der Waals surface area contributed by atoms with Gasteiger partial charge < -0.3 is 0 Å². The zero-order valence-electron chi connectivity index (χ0n) is 17.0. The fraction of sp³-hybridized carbons (Fsp3) is 0.0435. The van der Waals surface area contributed by atoms with Crippen molar-refractivity contribution >= 4 is 63.0 Å². The van der Waals surface area contributed by atoms with Gasteiger partial charge in [-0.3, -0.25) is 9.36 Å². The number of para-hydroxylation sites is 1. The van der Waals surface area contributed by atoms with Crippen molar-refractivity contribution in [3.05, 3.63) is 92.9 Å². The average Bonchev–Trinajstić information content (AvgIpc) is 3.25. The minimum atomic E-state index is -0.274. The highest BCUT2D eigenvalue weighted by molar-refractivity contribution is 9.10. The van der Waals surface area contributed by atoms with E-state index in [4.69, 9.17) is 23.2 Å². The van der Waals surface area contributed by atoms with Crippen LogP contribution in [0.15, 0.2) is 87.5 Å². The Morgan fingerprint density at radius 2 is 1.79 bits per heavy atom. The molecule has 1 heterocycles. The molecule has 0 aliphatic heterocycles.